The lowest BCUT2D eigenvalue weighted by molar-refractivity contribution is 0.0350. The summed E-state index contributed by atoms with van der Waals surface area (Å²) < 4.78 is 11.4. The summed E-state index contributed by atoms with van der Waals surface area (Å²) in [6.45, 7) is 4.77. The number of hydrogen-bond donors (Lipinski definition) is 2. The maximum Gasteiger partial charge on any atom is 0.291 e. The molecule has 0 atom stereocenters. The van der Waals surface area contributed by atoms with Crippen molar-refractivity contribution in [3.05, 3.63) is 41.5 Å². The van der Waals surface area contributed by atoms with Gasteiger partial charge in [-0.05, 0) is 75.1 Å². The van der Waals surface area contributed by atoms with Crippen LogP contribution in [0.25, 0.3) is 0 Å². The van der Waals surface area contributed by atoms with E-state index in [1.54, 1.807) is 6.07 Å². The number of ether oxygens (including phenoxy) is 1. The van der Waals surface area contributed by atoms with E-state index in [2.05, 4.69) is 16.3 Å². The quantitative estimate of drug-likeness (QED) is 0.751. The lowest BCUT2D eigenvalue weighted by atomic mass is 9.94. The summed E-state index contributed by atoms with van der Waals surface area (Å²) in [5.41, 5.74) is 1.26. The number of aliphatic hydroxyl groups is 1. The van der Waals surface area contributed by atoms with Gasteiger partial charge >= 0.3 is 0 Å². The fourth-order valence-electron chi connectivity index (χ4n) is 4.52. The molecule has 7 heteroatoms. The minimum absolute atomic E-state index is 0.252. The van der Waals surface area contributed by atoms with Crippen LogP contribution >= 0.6 is 0 Å². The highest BCUT2D eigenvalue weighted by molar-refractivity contribution is 6.04. The van der Waals surface area contributed by atoms with Crippen LogP contribution < -0.4 is 10.2 Å². The van der Waals surface area contributed by atoms with E-state index < -0.39 is 5.60 Å². The molecule has 7 nitrogen and oxygen atoms in total. The predicted molar refractivity (Wildman–Crippen MR) is 118 cm³/mol. The lowest BCUT2D eigenvalue weighted by Gasteiger charge is -2.37. The average molecular weight is 426 g/mol. The van der Waals surface area contributed by atoms with E-state index in [9.17, 15) is 9.90 Å². The third kappa shape index (κ3) is 4.62. The molecule has 3 fully saturated rings. The Morgan fingerprint density at radius 3 is 2.61 bits per heavy atom. The molecular weight excluding hydrogens is 394 g/mol. The largest absolute Gasteiger partial charge is 0.456 e. The molecule has 0 radical (unpaired) electrons. The molecule has 3 aliphatic rings. The van der Waals surface area contributed by atoms with Crippen molar-refractivity contribution in [3.63, 3.8) is 0 Å². The van der Waals surface area contributed by atoms with E-state index in [4.69, 9.17) is 14.1 Å². The van der Waals surface area contributed by atoms with Crippen molar-refractivity contribution < 1.29 is 19.1 Å². The highest BCUT2D eigenvalue weighted by atomic mass is 16.5. The zero-order chi connectivity index (χ0) is 21.4. The Morgan fingerprint density at radius 1 is 1.16 bits per heavy atom. The van der Waals surface area contributed by atoms with Gasteiger partial charge in [0.15, 0.2) is 11.6 Å². The van der Waals surface area contributed by atoms with Gasteiger partial charge in [-0.2, -0.15) is 0 Å². The third-order valence-corrected chi connectivity index (χ3v) is 6.80. The van der Waals surface area contributed by atoms with Gasteiger partial charge in [0.25, 0.3) is 5.91 Å². The molecule has 2 saturated heterocycles. The number of carbonyl (C=O) groups is 1. The van der Waals surface area contributed by atoms with Gasteiger partial charge in [0.2, 0.25) is 0 Å². The number of nitrogens with zero attached hydrogens (tertiary/aromatic N) is 2. The van der Waals surface area contributed by atoms with Crippen molar-refractivity contribution in [2.75, 3.05) is 36.5 Å². The van der Waals surface area contributed by atoms with Gasteiger partial charge in [0, 0.05) is 38.4 Å². The summed E-state index contributed by atoms with van der Waals surface area (Å²) in [5.74, 6) is 2.56. The molecule has 0 bridgehead atoms. The zero-order valence-electron chi connectivity index (χ0n) is 18.1. The van der Waals surface area contributed by atoms with Crippen molar-refractivity contribution in [3.8, 4) is 0 Å². The van der Waals surface area contributed by atoms with Gasteiger partial charge in [-0.15, -0.1) is 0 Å². The highest BCUT2D eigenvalue weighted by Gasteiger charge is 2.31. The molecule has 1 amide bonds. The van der Waals surface area contributed by atoms with E-state index in [1.807, 2.05) is 19.2 Å². The summed E-state index contributed by atoms with van der Waals surface area (Å²) in [7, 11) is 0. The van der Waals surface area contributed by atoms with Gasteiger partial charge in [0.05, 0.1) is 11.3 Å². The number of pyridine rings is 1. The van der Waals surface area contributed by atoms with Crippen LogP contribution in [0, 0.1) is 0 Å². The predicted octanol–water partition coefficient (Wildman–Crippen LogP) is 4.05. The Morgan fingerprint density at radius 2 is 1.90 bits per heavy atom. The van der Waals surface area contributed by atoms with Crippen LogP contribution in [-0.4, -0.2) is 47.9 Å². The number of anilines is 2. The summed E-state index contributed by atoms with van der Waals surface area (Å²) in [6, 6.07) is 5.74. The lowest BCUT2D eigenvalue weighted by Crippen LogP contribution is -2.43. The topological polar surface area (TPSA) is 87.8 Å². The third-order valence-electron chi connectivity index (χ3n) is 6.80. The van der Waals surface area contributed by atoms with Crippen molar-refractivity contribution in [2.24, 2.45) is 0 Å². The standard InChI is InChI=1S/C24H31N3O4/c1-24(29)8-10-27(11-9-24)22-19(14-18(15-25-22)16-2-3-16)26-23(28)21-5-4-20(31-21)17-6-12-30-13-7-17/h4-5,14-17,29H,2-3,6-13H2,1H3,(H,26,28). The molecule has 2 aromatic heterocycles. The molecule has 0 aromatic carbocycles. The maximum absolute atomic E-state index is 13.0. The van der Waals surface area contributed by atoms with Crippen LogP contribution in [-0.2, 0) is 4.74 Å². The van der Waals surface area contributed by atoms with Crippen molar-refractivity contribution in [1.82, 2.24) is 4.98 Å². The summed E-state index contributed by atoms with van der Waals surface area (Å²) in [5, 5.41) is 13.4. The molecule has 166 valence electrons. The summed E-state index contributed by atoms with van der Waals surface area (Å²) in [6.07, 6.45) is 7.49. The van der Waals surface area contributed by atoms with E-state index in [0.717, 1.165) is 43.3 Å². The normalized spacial score (nSPS) is 21.8. The fraction of sp³-hybridized carbons (Fsp3) is 0.583. The molecule has 1 saturated carbocycles. The first-order chi connectivity index (χ1) is 15.0. The minimum Gasteiger partial charge on any atom is -0.456 e. The molecule has 2 N–H and O–H groups in total. The number of rotatable bonds is 5. The number of hydrogen-bond acceptors (Lipinski definition) is 6. The number of piperidine rings is 1. The molecule has 31 heavy (non-hydrogen) atoms. The first kappa shape index (κ1) is 20.5. The molecule has 5 rings (SSSR count). The Bertz CT molecular complexity index is 934. The van der Waals surface area contributed by atoms with Gasteiger partial charge in [-0.25, -0.2) is 4.98 Å². The van der Waals surface area contributed by atoms with E-state index >= 15 is 0 Å². The summed E-state index contributed by atoms with van der Waals surface area (Å²) >= 11 is 0. The average Bonchev–Trinajstić information content (AvgIpc) is 3.50. The van der Waals surface area contributed by atoms with Crippen molar-refractivity contribution in [2.45, 2.75) is 62.9 Å². The van der Waals surface area contributed by atoms with Gasteiger partial charge in [-0.3, -0.25) is 4.79 Å². The SMILES string of the molecule is CC1(O)CCN(c2ncc(C3CC3)cc2NC(=O)c2ccc(C3CCOCC3)o2)CC1. The molecule has 1 aliphatic carbocycles. The fourth-order valence-corrected chi connectivity index (χ4v) is 4.52. The molecule has 4 heterocycles. The van der Waals surface area contributed by atoms with E-state index in [1.165, 1.54) is 18.4 Å². The number of carbonyl (C=O) groups excluding carboxylic acids is 1. The van der Waals surface area contributed by atoms with Crippen LogP contribution in [0.1, 0.15) is 79.2 Å². The molecule has 0 spiro atoms. The zero-order valence-corrected chi connectivity index (χ0v) is 18.1. The van der Waals surface area contributed by atoms with Gasteiger partial charge in [-0.1, -0.05) is 0 Å². The van der Waals surface area contributed by atoms with Crippen LogP contribution in [0.4, 0.5) is 11.5 Å². The molecule has 2 aliphatic heterocycles. The first-order valence-corrected chi connectivity index (χ1v) is 11.4. The summed E-state index contributed by atoms with van der Waals surface area (Å²) in [4.78, 5) is 19.9. The maximum atomic E-state index is 13.0. The first-order valence-electron chi connectivity index (χ1n) is 11.4. The monoisotopic (exact) mass is 425 g/mol. The van der Waals surface area contributed by atoms with E-state index in [-0.39, 0.29) is 5.91 Å². The Hall–Kier alpha value is -2.38. The highest BCUT2D eigenvalue weighted by Crippen LogP contribution is 2.42. The Labute approximate surface area is 182 Å². The van der Waals surface area contributed by atoms with Gasteiger partial charge < -0.3 is 24.5 Å². The second-order valence-electron chi connectivity index (χ2n) is 9.44. The smallest absolute Gasteiger partial charge is 0.291 e. The van der Waals surface area contributed by atoms with Crippen LogP contribution in [0.5, 0.6) is 0 Å². The number of amides is 1. The minimum atomic E-state index is -0.636. The Kier molecular flexibility index (Phi) is 5.48. The second kappa shape index (κ2) is 8.28. The Balaban J connectivity index is 1.35. The number of nitrogens with one attached hydrogen (secondary N) is 1. The second-order valence-corrected chi connectivity index (χ2v) is 9.44. The molecule has 2 aromatic rings. The van der Waals surface area contributed by atoms with Crippen LogP contribution in [0.15, 0.2) is 28.8 Å². The van der Waals surface area contributed by atoms with Crippen LogP contribution in [0.2, 0.25) is 0 Å². The molecule has 0 unspecified atom stereocenters. The number of furan rings is 1. The van der Waals surface area contributed by atoms with Gasteiger partial charge in [0.1, 0.15) is 5.76 Å². The van der Waals surface area contributed by atoms with Crippen molar-refractivity contribution >= 4 is 17.4 Å². The molecular formula is C24H31N3O4. The number of aromatic nitrogens is 1. The van der Waals surface area contributed by atoms with E-state index in [0.29, 0.717) is 43.5 Å². The van der Waals surface area contributed by atoms with Crippen molar-refractivity contribution in [1.29, 1.82) is 0 Å². The van der Waals surface area contributed by atoms with Crippen LogP contribution in [0.3, 0.4) is 0 Å².